The lowest BCUT2D eigenvalue weighted by Crippen LogP contribution is -2.50. The number of halogens is 1. The minimum atomic E-state index is -3.31. The van der Waals surface area contributed by atoms with Crippen molar-refractivity contribution in [2.45, 2.75) is 0 Å². The Morgan fingerprint density at radius 2 is 1.86 bits per heavy atom. The molecule has 122 valence electrons. The molecule has 0 spiro atoms. The summed E-state index contributed by atoms with van der Waals surface area (Å²) in [5.74, 6) is -2.73. The summed E-state index contributed by atoms with van der Waals surface area (Å²) in [5, 5.41) is 10.3. The number of carboxylic acids is 1. The third kappa shape index (κ3) is 3.54. The molecule has 1 aliphatic rings. The Hall–Kier alpha value is -1.72. The third-order valence-corrected chi connectivity index (χ3v) is 5.54. The van der Waals surface area contributed by atoms with E-state index in [1.54, 1.807) is 0 Å². The summed E-state index contributed by atoms with van der Waals surface area (Å²) in [5.41, 5.74) is -0.753. The molecule has 8 nitrogen and oxygen atoms in total. The maximum Gasteiger partial charge on any atom is 0.337 e. The van der Waals surface area contributed by atoms with E-state index in [1.807, 2.05) is 0 Å². The van der Waals surface area contributed by atoms with E-state index in [-0.39, 0.29) is 30.3 Å². The van der Waals surface area contributed by atoms with Crippen LogP contribution in [-0.4, -0.2) is 57.5 Å². The molecule has 0 atom stereocenters. The van der Waals surface area contributed by atoms with Crippen LogP contribution >= 0.6 is 0 Å². The van der Waals surface area contributed by atoms with Gasteiger partial charge in [-0.05, 0) is 12.1 Å². The highest BCUT2D eigenvalue weighted by atomic mass is 32.2. The van der Waals surface area contributed by atoms with Gasteiger partial charge >= 0.3 is 5.97 Å². The summed E-state index contributed by atoms with van der Waals surface area (Å²) in [6, 6.07) is 2.65. The van der Waals surface area contributed by atoms with Crippen molar-refractivity contribution in [3.8, 4) is 0 Å². The topological polar surface area (TPSA) is 112 Å². The predicted octanol–water partition coefficient (Wildman–Crippen LogP) is -0.498. The first-order valence-corrected chi connectivity index (χ1v) is 9.09. The largest absolute Gasteiger partial charge is 0.478 e. The number of hydrogen-bond donors (Lipinski definition) is 2. The lowest BCUT2D eigenvalue weighted by Gasteiger charge is -2.34. The van der Waals surface area contributed by atoms with Crippen molar-refractivity contribution in [1.82, 2.24) is 5.01 Å². The smallest absolute Gasteiger partial charge is 0.337 e. The highest BCUT2D eigenvalue weighted by molar-refractivity contribution is 7.91. The zero-order valence-electron chi connectivity index (χ0n) is 11.2. The van der Waals surface area contributed by atoms with E-state index >= 15 is 0 Å². The summed E-state index contributed by atoms with van der Waals surface area (Å²) >= 11 is 0. The van der Waals surface area contributed by atoms with Crippen LogP contribution in [0.25, 0.3) is 0 Å². The van der Waals surface area contributed by atoms with Gasteiger partial charge in [0.05, 0.1) is 22.8 Å². The zero-order valence-corrected chi connectivity index (χ0v) is 12.9. The molecule has 1 N–H and O–H groups in total. The van der Waals surface area contributed by atoms with E-state index in [0.29, 0.717) is 4.41 Å². The first kappa shape index (κ1) is 16.6. The molecule has 1 aliphatic heterocycles. The minimum Gasteiger partial charge on any atom is -0.478 e. The minimum absolute atomic E-state index is 0.124. The van der Waals surface area contributed by atoms with Gasteiger partial charge in [-0.2, -0.15) is 0 Å². The highest BCUT2D eigenvalue weighted by Gasteiger charge is 2.30. The fourth-order valence-electron chi connectivity index (χ4n) is 2.09. The number of anilines is 1. The van der Waals surface area contributed by atoms with Crippen LogP contribution < -0.4 is 4.41 Å². The van der Waals surface area contributed by atoms with Crippen LogP contribution in [0.2, 0.25) is 0 Å². The lowest BCUT2D eigenvalue weighted by molar-refractivity contribution is 0.0697. The second-order valence-electron chi connectivity index (χ2n) is 4.60. The van der Waals surface area contributed by atoms with E-state index in [0.717, 1.165) is 18.2 Å². The molecule has 1 heterocycles. The van der Waals surface area contributed by atoms with Crippen LogP contribution in [0.4, 0.5) is 10.1 Å². The number of hydrogen-bond acceptors (Lipinski definition) is 6. The third-order valence-electron chi connectivity index (χ3n) is 3.15. The number of benzene rings is 1. The number of sulfone groups is 1. The zero-order chi connectivity index (χ0) is 16.5. The van der Waals surface area contributed by atoms with Crippen LogP contribution in [0.3, 0.4) is 0 Å². The maximum absolute atomic E-state index is 13.4. The number of carboxylic acid groups (broad SMARTS) is 1. The van der Waals surface area contributed by atoms with E-state index in [1.165, 1.54) is 5.01 Å². The van der Waals surface area contributed by atoms with Gasteiger partial charge in [0, 0.05) is 19.2 Å². The van der Waals surface area contributed by atoms with Gasteiger partial charge in [0.2, 0.25) is 10.9 Å². The summed E-state index contributed by atoms with van der Waals surface area (Å²) in [4.78, 5) is 11.2. The van der Waals surface area contributed by atoms with Gasteiger partial charge < -0.3 is 5.11 Å². The Labute approximate surface area is 127 Å². The Morgan fingerprint density at radius 3 is 2.36 bits per heavy atom. The standard InChI is InChI=1S/C11H13FN2O6S2/c12-8-1-2-9(11(15)16)10(7-8)14(21(17)18)13-3-5-22(19,20)6-4-13/h1-2,7,21H,3-6H2,(H,15,16). The van der Waals surface area contributed by atoms with E-state index in [9.17, 15) is 26.0 Å². The Bertz CT molecular complexity index is 755. The fraction of sp³-hybridized carbons (Fsp3) is 0.364. The number of hydrazine groups is 1. The number of aromatic carboxylic acids is 1. The van der Waals surface area contributed by atoms with Gasteiger partial charge in [0.25, 0.3) is 0 Å². The number of thiol groups is 1. The summed E-state index contributed by atoms with van der Waals surface area (Å²) in [6.45, 7) is -0.248. The Kier molecular flexibility index (Phi) is 4.68. The molecular weight excluding hydrogens is 339 g/mol. The molecule has 1 fully saturated rings. The molecule has 0 radical (unpaired) electrons. The Balaban J connectivity index is 2.46. The summed E-state index contributed by atoms with van der Waals surface area (Å²) < 4.78 is 59.8. The van der Waals surface area contributed by atoms with Crippen LogP contribution in [0, 0.1) is 5.82 Å². The molecule has 0 aliphatic carbocycles. The molecule has 0 unspecified atom stereocenters. The van der Waals surface area contributed by atoms with Crippen LogP contribution in [0.1, 0.15) is 10.4 Å². The Morgan fingerprint density at radius 1 is 1.27 bits per heavy atom. The molecule has 0 amide bonds. The molecule has 0 bridgehead atoms. The molecule has 22 heavy (non-hydrogen) atoms. The van der Waals surface area contributed by atoms with Gasteiger partial charge in [-0.1, -0.05) is 0 Å². The lowest BCUT2D eigenvalue weighted by atomic mass is 10.2. The first-order chi connectivity index (χ1) is 10.2. The van der Waals surface area contributed by atoms with Crippen LogP contribution in [0.15, 0.2) is 18.2 Å². The second-order valence-corrected chi connectivity index (χ2v) is 7.76. The van der Waals surface area contributed by atoms with E-state index in [4.69, 9.17) is 5.11 Å². The SMILES string of the molecule is O=C(O)c1ccc(F)cc1N(N1CCS(=O)(=O)CC1)[SH](=O)=O. The summed E-state index contributed by atoms with van der Waals surface area (Å²) in [7, 11) is -6.56. The first-order valence-electron chi connectivity index (χ1n) is 6.14. The van der Waals surface area contributed by atoms with E-state index in [2.05, 4.69) is 0 Å². The van der Waals surface area contributed by atoms with Crippen molar-refractivity contribution in [2.24, 2.45) is 0 Å². The van der Waals surface area contributed by atoms with Crippen molar-refractivity contribution in [3.63, 3.8) is 0 Å². The average molecular weight is 352 g/mol. The fourth-order valence-corrected chi connectivity index (χ4v) is 4.00. The van der Waals surface area contributed by atoms with Crippen LogP contribution in [-0.2, 0) is 20.7 Å². The molecule has 2 rings (SSSR count). The molecule has 11 heteroatoms. The quantitative estimate of drug-likeness (QED) is 0.703. The van der Waals surface area contributed by atoms with Crippen molar-refractivity contribution < 1.29 is 31.1 Å². The van der Waals surface area contributed by atoms with Gasteiger partial charge in [0.1, 0.15) is 5.82 Å². The van der Waals surface area contributed by atoms with Crippen LogP contribution in [0.5, 0.6) is 0 Å². The van der Waals surface area contributed by atoms with Crippen molar-refractivity contribution in [2.75, 3.05) is 29.0 Å². The summed E-state index contributed by atoms with van der Waals surface area (Å²) in [6.07, 6.45) is 0. The highest BCUT2D eigenvalue weighted by Crippen LogP contribution is 2.25. The van der Waals surface area contributed by atoms with Crippen molar-refractivity contribution >= 4 is 32.4 Å². The van der Waals surface area contributed by atoms with Gasteiger partial charge in [0.15, 0.2) is 9.84 Å². The monoisotopic (exact) mass is 352 g/mol. The van der Waals surface area contributed by atoms with Gasteiger partial charge in [-0.25, -0.2) is 35.4 Å². The molecule has 0 saturated carbocycles. The molecule has 1 aromatic carbocycles. The molecule has 1 aromatic rings. The molecule has 1 saturated heterocycles. The molecular formula is C11H13FN2O6S2. The average Bonchev–Trinajstić information content (AvgIpc) is 2.40. The predicted molar refractivity (Wildman–Crippen MR) is 76.4 cm³/mol. The maximum atomic E-state index is 13.4. The number of carbonyl (C=O) groups is 1. The normalized spacial score (nSPS) is 18.3. The van der Waals surface area contributed by atoms with Crippen molar-refractivity contribution in [1.29, 1.82) is 0 Å². The number of rotatable bonds is 4. The van der Waals surface area contributed by atoms with Gasteiger partial charge in [-0.15, -0.1) is 0 Å². The second kappa shape index (κ2) is 6.18. The molecule has 0 aromatic heterocycles. The van der Waals surface area contributed by atoms with Gasteiger partial charge in [-0.3, -0.25) is 0 Å². The van der Waals surface area contributed by atoms with E-state index < -0.39 is 38.1 Å². The number of nitrogens with zero attached hydrogens (tertiary/aromatic N) is 2. The van der Waals surface area contributed by atoms with Crippen molar-refractivity contribution in [3.05, 3.63) is 29.6 Å².